The lowest BCUT2D eigenvalue weighted by atomic mass is 10.3. The summed E-state index contributed by atoms with van der Waals surface area (Å²) in [6.45, 7) is -0.0439. The highest BCUT2D eigenvalue weighted by molar-refractivity contribution is 7.89. The smallest absolute Gasteiger partial charge is 0.312 e. The highest BCUT2D eigenvalue weighted by Gasteiger charge is 2.27. The zero-order chi connectivity index (χ0) is 14.8. The van der Waals surface area contributed by atoms with Gasteiger partial charge in [-0.25, -0.2) is 18.1 Å². The maximum absolute atomic E-state index is 12.1. The highest BCUT2D eigenvalue weighted by Crippen LogP contribution is 2.29. The van der Waals surface area contributed by atoms with Crippen molar-refractivity contribution < 1.29 is 13.3 Å². The van der Waals surface area contributed by atoms with Gasteiger partial charge in [0.25, 0.3) is 0 Å². The molecule has 0 fully saturated rings. The van der Waals surface area contributed by atoms with Crippen molar-refractivity contribution >= 4 is 32.7 Å². The first-order chi connectivity index (χ1) is 9.42. The van der Waals surface area contributed by atoms with Crippen molar-refractivity contribution in [3.05, 3.63) is 44.9 Å². The van der Waals surface area contributed by atoms with E-state index in [1.165, 1.54) is 23.5 Å². The lowest BCUT2D eigenvalue weighted by Crippen LogP contribution is -2.24. The summed E-state index contributed by atoms with van der Waals surface area (Å²) < 4.78 is 26.5. The molecule has 8 nitrogen and oxygen atoms in total. The van der Waals surface area contributed by atoms with Crippen molar-refractivity contribution in [2.45, 2.75) is 11.4 Å². The molecule has 0 atom stereocenters. The second-order valence-corrected chi connectivity index (χ2v) is 6.21. The predicted octanol–water partition coefficient (Wildman–Crippen LogP) is 1.11. The lowest BCUT2D eigenvalue weighted by Gasteiger charge is -2.07. The molecule has 1 heterocycles. The molecular weight excluding hydrogens is 304 g/mol. The number of para-hydroxylation sites is 1. The van der Waals surface area contributed by atoms with Crippen LogP contribution in [0.4, 0.5) is 11.4 Å². The van der Waals surface area contributed by atoms with Crippen molar-refractivity contribution in [1.29, 1.82) is 0 Å². The van der Waals surface area contributed by atoms with Gasteiger partial charge in [-0.05, 0) is 12.1 Å². The van der Waals surface area contributed by atoms with Gasteiger partial charge in [-0.3, -0.25) is 10.1 Å². The molecule has 2 rings (SSSR count). The van der Waals surface area contributed by atoms with Crippen molar-refractivity contribution in [1.82, 2.24) is 9.71 Å². The minimum absolute atomic E-state index is 0.0439. The molecule has 0 radical (unpaired) electrons. The number of nitro groups is 1. The molecule has 0 aliphatic carbocycles. The van der Waals surface area contributed by atoms with E-state index < -0.39 is 25.5 Å². The molecule has 1 aromatic heterocycles. The van der Waals surface area contributed by atoms with Crippen LogP contribution in [-0.2, 0) is 16.6 Å². The molecule has 2 aromatic rings. The maximum atomic E-state index is 12.1. The SMILES string of the molecule is Nc1cccc(S(=O)(=O)NCc2cscn2)c1[N+](=O)[O-]. The van der Waals surface area contributed by atoms with E-state index in [1.54, 1.807) is 10.9 Å². The van der Waals surface area contributed by atoms with Crippen LogP contribution in [0.2, 0.25) is 0 Å². The average molecular weight is 314 g/mol. The number of aromatic nitrogens is 1. The number of rotatable bonds is 5. The number of hydrogen-bond acceptors (Lipinski definition) is 7. The van der Waals surface area contributed by atoms with E-state index in [2.05, 4.69) is 9.71 Å². The Morgan fingerprint density at radius 1 is 1.45 bits per heavy atom. The number of anilines is 1. The number of nitrogens with one attached hydrogen (secondary N) is 1. The van der Waals surface area contributed by atoms with Crippen molar-refractivity contribution in [2.24, 2.45) is 0 Å². The number of thiazole rings is 1. The third-order valence-electron chi connectivity index (χ3n) is 2.43. The number of sulfonamides is 1. The predicted molar refractivity (Wildman–Crippen MR) is 73.6 cm³/mol. The lowest BCUT2D eigenvalue weighted by molar-refractivity contribution is -0.386. The second kappa shape index (κ2) is 5.53. The Balaban J connectivity index is 2.34. The molecule has 0 saturated heterocycles. The summed E-state index contributed by atoms with van der Waals surface area (Å²) in [4.78, 5) is 13.6. The Bertz CT molecular complexity index is 728. The van der Waals surface area contributed by atoms with Crippen LogP contribution in [-0.4, -0.2) is 18.3 Å². The van der Waals surface area contributed by atoms with E-state index in [9.17, 15) is 18.5 Å². The summed E-state index contributed by atoms with van der Waals surface area (Å²) in [5.74, 6) is 0. The summed E-state index contributed by atoms with van der Waals surface area (Å²) in [5.41, 5.74) is 6.73. The van der Waals surface area contributed by atoms with E-state index in [4.69, 9.17) is 5.73 Å². The molecule has 0 bridgehead atoms. The summed E-state index contributed by atoms with van der Waals surface area (Å²) in [6.07, 6.45) is 0. The Labute approximate surface area is 118 Å². The van der Waals surface area contributed by atoms with Crippen molar-refractivity contribution in [3.8, 4) is 0 Å². The Kier molecular flexibility index (Phi) is 3.97. The van der Waals surface area contributed by atoms with Crippen LogP contribution in [0, 0.1) is 10.1 Å². The van der Waals surface area contributed by atoms with Gasteiger partial charge in [0.2, 0.25) is 10.0 Å². The minimum Gasteiger partial charge on any atom is -0.393 e. The largest absolute Gasteiger partial charge is 0.393 e. The second-order valence-electron chi connectivity index (χ2n) is 3.76. The van der Waals surface area contributed by atoms with E-state index in [0.29, 0.717) is 5.69 Å². The van der Waals surface area contributed by atoms with Crippen molar-refractivity contribution in [3.63, 3.8) is 0 Å². The summed E-state index contributed by atoms with van der Waals surface area (Å²) >= 11 is 1.32. The van der Waals surface area contributed by atoms with E-state index >= 15 is 0 Å². The van der Waals surface area contributed by atoms with Crippen LogP contribution >= 0.6 is 11.3 Å². The van der Waals surface area contributed by atoms with Gasteiger partial charge >= 0.3 is 5.69 Å². The fourth-order valence-corrected chi connectivity index (χ4v) is 3.28. The number of benzene rings is 1. The van der Waals surface area contributed by atoms with Gasteiger partial charge in [0.15, 0.2) is 4.90 Å². The third kappa shape index (κ3) is 2.92. The normalized spacial score (nSPS) is 11.4. The first-order valence-corrected chi connectivity index (χ1v) is 7.74. The molecule has 0 saturated carbocycles. The number of nitrogen functional groups attached to an aromatic ring is 1. The van der Waals surface area contributed by atoms with Crippen molar-refractivity contribution in [2.75, 3.05) is 5.73 Å². The molecule has 3 N–H and O–H groups in total. The van der Waals surface area contributed by atoms with Crippen LogP contribution in [0.15, 0.2) is 34.0 Å². The molecule has 0 unspecified atom stereocenters. The number of hydrogen-bond donors (Lipinski definition) is 2. The van der Waals surface area contributed by atoms with Gasteiger partial charge in [0, 0.05) is 5.38 Å². The molecule has 0 aliphatic rings. The van der Waals surface area contributed by atoms with Gasteiger partial charge in [-0.15, -0.1) is 11.3 Å². The van der Waals surface area contributed by atoms with E-state index in [0.717, 1.165) is 6.07 Å². The molecule has 106 valence electrons. The van der Waals surface area contributed by atoms with Gasteiger partial charge in [-0.2, -0.15) is 0 Å². The van der Waals surface area contributed by atoms with Crippen LogP contribution in [0.3, 0.4) is 0 Å². The maximum Gasteiger partial charge on any atom is 0.312 e. The standard InChI is InChI=1S/C10H10N4O4S2/c11-8-2-1-3-9(10(8)14(15)16)20(17,18)13-4-7-5-19-6-12-7/h1-3,5-6,13H,4,11H2. The van der Waals surface area contributed by atoms with Crippen LogP contribution in [0.25, 0.3) is 0 Å². The number of nitrogens with zero attached hydrogens (tertiary/aromatic N) is 2. The molecular formula is C10H10N4O4S2. The summed E-state index contributed by atoms with van der Waals surface area (Å²) in [5, 5.41) is 12.6. The Hall–Kier alpha value is -2.04. The van der Waals surface area contributed by atoms with Gasteiger partial charge in [0.1, 0.15) is 5.69 Å². The average Bonchev–Trinajstić information content (AvgIpc) is 2.89. The molecule has 10 heteroatoms. The fourth-order valence-electron chi connectivity index (χ4n) is 1.52. The Morgan fingerprint density at radius 2 is 2.20 bits per heavy atom. The first-order valence-electron chi connectivity index (χ1n) is 5.31. The zero-order valence-electron chi connectivity index (χ0n) is 10.0. The highest BCUT2D eigenvalue weighted by atomic mass is 32.2. The van der Waals surface area contributed by atoms with E-state index in [1.807, 2.05) is 0 Å². The topological polar surface area (TPSA) is 128 Å². The fraction of sp³-hybridized carbons (Fsp3) is 0.100. The van der Waals surface area contributed by atoms with Crippen LogP contribution in [0.5, 0.6) is 0 Å². The van der Waals surface area contributed by atoms with Gasteiger partial charge < -0.3 is 5.73 Å². The molecule has 20 heavy (non-hydrogen) atoms. The number of nitrogens with two attached hydrogens (primary N) is 1. The van der Waals surface area contributed by atoms with Crippen LogP contribution < -0.4 is 10.5 Å². The van der Waals surface area contributed by atoms with Gasteiger partial charge in [0.05, 0.1) is 22.7 Å². The molecule has 0 aliphatic heterocycles. The summed E-state index contributed by atoms with van der Waals surface area (Å²) in [6, 6.07) is 3.76. The first kappa shape index (κ1) is 14.4. The third-order valence-corrected chi connectivity index (χ3v) is 4.50. The molecule has 0 spiro atoms. The summed E-state index contributed by atoms with van der Waals surface area (Å²) in [7, 11) is -4.04. The monoisotopic (exact) mass is 314 g/mol. The number of nitro benzene ring substituents is 1. The van der Waals surface area contributed by atoms with E-state index in [-0.39, 0.29) is 12.2 Å². The van der Waals surface area contributed by atoms with Gasteiger partial charge in [-0.1, -0.05) is 6.07 Å². The minimum atomic E-state index is -4.04. The van der Waals surface area contributed by atoms with Crippen LogP contribution in [0.1, 0.15) is 5.69 Å². The zero-order valence-corrected chi connectivity index (χ0v) is 11.6. The molecule has 0 amide bonds. The quantitative estimate of drug-likeness (QED) is 0.483. The molecule has 1 aromatic carbocycles. The Morgan fingerprint density at radius 3 is 2.80 bits per heavy atom.